The molecule has 0 heterocycles. The molecule has 0 aliphatic heterocycles. The van der Waals surface area contributed by atoms with Crippen molar-refractivity contribution in [2.75, 3.05) is 0 Å². The zero-order valence-corrected chi connectivity index (χ0v) is 12.9. The van der Waals surface area contributed by atoms with Gasteiger partial charge in [0.2, 0.25) is 0 Å². The smallest absolute Gasteiger partial charge is 0.254 e. The van der Waals surface area contributed by atoms with E-state index in [2.05, 4.69) is 21.2 Å². The number of amides is 1. The zero-order chi connectivity index (χ0) is 14.7. The minimum Gasteiger partial charge on any atom is -0.345 e. The molecule has 2 rings (SSSR count). The van der Waals surface area contributed by atoms with Gasteiger partial charge in [0.1, 0.15) is 5.82 Å². The van der Waals surface area contributed by atoms with Gasteiger partial charge >= 0.3 is 0 Å². The molecule has 0 saturated carbocycles. The van der Waals surface area contributed by atoms with Crippen LogP contribution in [0.3, 0.4) is 0 Å². The predicted octanol–water partition coefficient (Wildman–Crippen LogP) is 4.39. The largest absolute Gasteiger partial charge is 0.345 e. The molecule has 2 aromatic rings. The van der Waals surface area contributed by atoms with E-state index in [1.807, 2.05) is 31.2 Å². The summed E-state index contributed by atoms with van der Waals surface area (Å²) in [5, 5.41) is 2.80. The van der Waals surface area contributed by atoms with Gasteiger partial charge in [0.05, 0.1) is 11.6 Å². The predicted molar refractivity (Wildman–Crippen MR) is 81.2 cm³/mol. The summed E-state index contributed by atoms with van der Waals surface area (Å²) in [4.78, 5) is 12.1. The summed E-state index contributed by atoms with van der Waals surface area (Å²) >= 11 is 3.36. The van der Waals surface area contributed by atoms with Crippen molar-refractivity contribution in [1.29, 1.82) is 0 Å². The minimum atomic E-state index is -0.495. The van der Waals surface area contributed by atoms with Crippen molar-refractivity contribution in [2.24, 2.45) is 0 Å². The highest BCUT2D eigenvalue weighted by Gasteiger charge is 2.15. The molecular formula is C16H15BrFNO. The molecule has 1 unspecified atom stereocenters. The van der Waals surface area contributed by atoms with Gasteiger partial charge in [-0.3, -0.25) is 4.79 Å². The zero-order valence-electron chi connectivity index (χ0n) is 11.3. The number of carbonyl (C=O) groups excluding carboxylic acids is 1. The quantitative estimate of drug-likeness (QED) is 0.885. The Morgan fingerprint density at radius 2 is 1.85 bits per heavy atom. The van der Waals surface area contributed by atoms with Gasteiger partial charge in [-0.1, -0.05) is 34.1 Å². The number of rotatable bonds is 3. The second-order valence-electron chi connectivity index (χ2n) is 4.73. The number of halogens is 2. The monoisotopic (exact) mass is 335 g/mol. The first-order chi connectivity index (χ1) is 9.47. The molecule has 2 aromatic carbocycles. The van der Waals surface area contributed by atoms with E-state index in [0.717, 1.165) is 15.6 Å². The normalized spacial score (nSPS) is 12.0. The van der Waals surface area contributed by atoms with Gasteiger partial charge in [-0.05, 0) is 49.2 Å². The van der Waals surface area contributed by atoms with E-state index >= 15 is 0 Å². The van der Waals surface area contributed by atoms with E-state index in [9.17, 15) is 9.18 Å². The van der Waals surface area contributed by atoms with Gasteiger partial charge in [-0.25, -0.2) is 4.39 Å². The number of hydrogen-bond acceptors (Lipinski definition) is 1. The fourth-order valence-corrected chi connectivity index (χ4v) is 2.18. The summed E-state index contributed by atoms with van der Waals surface area (Å²) in [6, 6.07) is 12.1. The first-order valence-corrected chi connectivity index (χ1v) is 7.09. The molecule has 1 atom stereocenters. The molecular weight excluding hydrogens is 321 g/mol. The van der Waals surface area contributed by atoms with Crippen molar-refractivity contribution in [1.82, 2.24) is 5.32 Å². The van der Waals surface area contributed by atoms with Gasteiger partial charge < -0.3 is 5.32 Å². The minimum absolute atomic E-state index is 0.0690. The van der Waals surface area contributed by atoms with Crippen LogP contribution in [0.15, 0.2) is 46.9 Å². The SMILES string of the molecule is Cc1ccc(C(=O)NC(C)c2ccc(Br)cc2)c(F)c1. The third kappa shape index (κ3) is 3.45. The van der Waals surface area contributed by atoms with Crippen LogP contribution in [0.4, 0.5) is 4.39 Å². The Labute approximate surface area is 126 Å². The maximum Gasteiger partial charge on any atom is 0.254 e. The highest BCUT2D eigenvalue weighted by molar-refractivity contribution is 9.10. The van der Waals surface area contributed by atoms with Crippen LogP contribution in [0.5, 0.6) is 0 Å². The van der Waals surface area contributed by atoms with Gasteiger partial charge in [0, 0.05) is 4.47 Å². The van der Waals surface area contributed by atoms with Crippen molar-refractivity contribution < 1.29 is 9.18 Å². The number of hydrogen-bond donors (Lipinski definition) is 1. The number of aryl methyl sites for hydroxylation is 1. The Morgan fingerprint density at radius 1 is 1.20 bits per heavy atom. The second kappa shape index (κ2) is 6.18. The van der Waals surface area contributed by atoms with Crippen LogP contribution >= 0.6 is 15.9 Å². The lowest BCUT2D eigenvalue weighted by Crippen LogP contribution is -2.27. The van der Waals surface area contributed by atoms with E-state index < -0.39 is 11.7 Å². The van der Waals surface area contributed by atoms with E-state index in [1.54, 1.807) is 13.0 Å². The van der Waals surface area contributed by atoms with Crippen LogP contribution < -0.4 is 5.32 Å². The maximum atomic E-state index is 13.7. The Bertz CT molecular complexity index is 625. The summed E-state index contributed by atoms with van der Waals surface area (Å²) < 4.78 is 14.7. The standard InChI is InChI=1S/C16H15BrFNO/c1-10-3-8-14(15(18)9-10)16(20)19-11(2)12-4-6-13(17)7-5-12/h3-9,11H,1-2H3,(H,19,20). The average Bonchev–Trinajstić information content (AvgIpc) is 2.39. The first kappa shape index (κ1) is 14.7. The Kier molecular flexibility index (Phi) is 4.55. The summed E-state index contributed by atoms with van der Waals surface area (Å²) in [5.41, 5.74) is 1.83. The maximum absolute atomic E-state index is 13.7. The van der Waals surface area contributed by atoms with Crippen LogP contribution in [-0.4, -0.2) is 5.91 Å². The summed E-state index contributed by atoms with van der Waals surface area (Å²) in [6.07, 6.45) is 0. The molecule has 0 aliphatic carbocycles. The lowest BCUT2D eigenvalue weighted by atomic mass is 10.1. The number of nitrogens with one attached hydrogen (secondary N) is 1. The first-order valence-electron chi connectivity index (χ1n) is 6.30. The van der Waals surface area contributed by atoms with E-state index in [-0.39, 0.29) is 11.6 Å². The molecule has 0 fully saturated rings. The topological polar surface area (TPSA) is 29.1 Å². The van der Waals surface area contributed by atoms with Gasteiger partial charge in [0.15, 0.2) is 0 Å². The second-order valence-corrected chi connectivity index (χ2v) is 5.65. The van der Waals surface area contributed by atoms with Crippen LogP contribution in [0.1, 0.15) is 34.5 Å². The summed E-state index contributed by atoms with van der Waals surface area (Å²) in [7, 11) is 0. The van der Waals surface area contributed by atoms with Crippen LogP contribution in [0.2, 0.25) is 0 Å². The molecule has 1 amide bonds. The Hall–Kier alpha value is -1.68. The molecule has 4 heteroatoms. The molecule has 0 bridgehead atoms. The van der Waals surface area contributed by atoms with E-state index in [0.29, 0.717) is 0 Å². The Morgan fingerprint density at radius 3 is 2.45 bits per heavy atom. The highest BCUT2D eigenvalue weighted by Crippen LogP contribution is 2.17. The van der Waals surface area contributed by atoms with Crippen molar-refractivity contribution in [3.63, 3.8) is 0 Å². The molecule has 0 aliphatic rings. The third-order valence-corrected chi connectivity index (χ3v) is 3.62. The molecule has 20 heavy (non-hydrogen) atoms. The highest BCUT2D eigenvalue weighted by atomic mass is 79.9. The van der Waals surface area contributed by atoms with Crippen molar-refractivity contribution in [3.05, 3.63) is 69.4 Å². The van der Waals surface area contributed by atoms with E-state index in [4.69, 9.17) is 0 Å². The fraction of sp³-hybridized carbons (Fsp3) is 0.188. The number of carbonyl (C=O) groups is 1. The number of benzene rings is 2. The van der Waals surface area contributed by atoms with Crippen LogP contribution in [0.25, 0.3) is 0 Å². The molecule has 0 saturated heterocycles. The van der Waals surface area contributed by atoms with Gasteiger partial charge in [-0.2, -0.15) is 0 Å². The third-order valence-electron chi connectivity index (χ3n) is 3.09. The average molecular weight is 336 g/mol. The Balaban J connectivity index is 2.13. The molecule has 1 N–H and O–H groups in total. The van der Waals surface area contributed by atoms with Crippen LogP contribution in [0, 0.1) is 12.7 Å². The van der Waals surface area contributed by atoms with Gasteiger partial charge in [0.25, 0.3) is 5.91 Å². The van der Waals surface area contributed by atoms with Crippen molar-refractivity contribution in [2.45, 2.75) is 19.9 Å². The van der Waals surface area contributed by atoms with Gasteiger partial charge in [-0.15, -0.1) is 0 Å². The molecule has 0 aromatic heterocycles. The fourth-order valence-electron chi connectivity index (χ4n) is 1.91. The summed E-state index contributed by atoms with van der Waals surface area (Å²) in [5.74, 6) is -0.900. The van der Waals surface area contributed by atoms with Crippen LogP contribution in [-0.2, 0) is 0 Å². The van der Waals surface area contributed by atoms with Crippen molar-refractivity contribution >= 4 is 21.8 Å². The summed E-state index contributed by atoms with van der Waals surface area (Å²) in [6.45, 7) is 3.66. The van der Waals surface area contributed by atoms with Crippen molar-refractivity contribution in [3.8, 4) is 0 Å². The molecule has 0 radical (unpaired) electrons. The van der Waals surface area contributed by atoms with E-state index in [1.165, 1.54) is 12.1 Å². The molecule has 104 valence electrons. The lowest BCUT2D eigenvalue weighted by molar-refractivity contribution is 0.0936. The molecule has 2 nitrogen and oxygen atoms in total. The molecule has 0 spiro atoms. The lowest BCUT2D eigenvalue weighted by Gasteiger charge is -2.15.